The molecule has 6 heteroatoms. The second-order valence-corrected chi connectivity index (χ2v) is 6.69. The average molecular weight is 358 g/mol. The number of hydrogen-bond donors (Lipinski definition) is 2. The first-order valence-electron chi connectivity index (χ1n) is 7.46. The maximum atomic E-state index is 11.9. The summed E-state index contributed by atoms with van der Waals surface area (Å²) in [6, 6.07) is 15.2. The highest BCUT2D eigenvalue weighted by Gasteiger charge is 2.05. The molecule has 0 saturated carbocycles. The highest BCUT2D eigenvalue weighted by molar-refractivity contribution is 7.10. The Balaban J connectivity index is 1.51. The highest BCUT2D eigenvalue weighted by atomic mass is 35.5. The third-order valence-electron chi connectivity index (χ3n) is 3.36. The Bertz CT molecular complexity index is 786. The van der Waals surface area contributed by atoms with Gasteiger partial charge in [-0.05, 0) is 41.3 Å². The lowest BCUT2D eigenvalue weighted by Crippen LogP contribution is -2.14. The lowest BCUT2D eigenvalue weighted by atomic mass is 10.2. The Morgan fingerprint density at radius 2 is 1.96 bits per heavy atom. The molecule has 4 nitrogen and oxygen atoms in total. The zero-order valence-corrected chi connectivity index (χ0v) is 14.4. The molecule has 1 aromatic carbocycles. The Labute approximate surface area is 149 Å². The number of nitrogens with one attached hydrogen (secondary N) is 2. The van der Waals surface area contributed by atoms with Gasteiger partial charge in [0.15, 0.2) is 0 Å². The van der Waals surface area contributed by atoms with Gasteiger partial charge < -0.3 is 10.6 Å². The van der Waals surface area contributed by atoms with Crippen LogP contribution in [0.3, 0.4) is 0 Å². The van der Waals surface area contributed by atoms with E-state index in [4.69, 9.17) is 11.6 Å². The molecule has 0 aliphatic rings. The minimum absolute atomic E-state index is 0.0631. The summed E-state index contributed by atoms with van der Waals surface area (Å²) in [5.74, 6) is 0.487. The predicted octanol–water partition coefficient (Wildman–Crippen LogP) is 4.59. The number of aromatic nitrogens is 1. The Morgan fingerprint density at radius 3 is 2.62 bits per heavy atom. The van der Waals surface area contributed by atoms with Crippen LogP contribution in [0.15, 0.2) is 60.1 Å². The van der Waals surface area contributed by atoms with Gasteiger partial charge in [0, 0.05) is 16.4 Å². The van der Waals surface area contributed by atoms with Crippen LogP contribution in [0.1, 0.15) is 10.4 Å². The molecular formula is C18H16ClN3OS. The molecule has 0 saturated heterocycles. The Kier molecular flexibility index (Phi) is 5.46. The van der Waals surface area contributed by atoms with E-state index >= 15 is 0 Å². The van der Waals surface area contributed by atoms with Crippen molar-refractivity contribution in [1.82, 2.24) is 4.98 Å². The molecule has 2 N–H and O–H groups in total. The van der Waals surface area contributed by atoms with Gasteiger partial charge in [0.05, 0.1) is 18.3 Å². The molecule has 0 unspecified atom stereocenters. The third kappa shape index (κ3) is 4.81. The minimum atomic E-state index is -0.0631. The van der Waals surface area contributed by atoms with Gasteiger partial charge in [0.25, 0.3) is 0 Å². The number of carbonyl (C=O) groups is 1. The van der Waals surface area contributed by atoms with Gasteiger partial charge in [-0.25, -0.2) is 4.98 Å². The molecular weight excluding hydrogens is 342 g/mol. The summed E-state index contributed by atoms with van der Waals surface area (Å²) in [5, 5.41) is 8.77. The number of thiophene rings is 1. The molecule has 1 amide bonds. The fourth-order valence-electron chi connectivity index (χ4n) is 2.14. The SMILES string of the molecule is O=C(Cc1cccs1)Nc1ccc(NCc2ccc(Cl)cc2)cn1. The van der Waals surface area contributed by atoms with Gasteiger partial charge in [-0.3, -0.25) is 4.79 Å². The van der Waals surface area contributed by atoms with Crippen LogP contribution in [0.5, 0.6) is 0 Å². The van der Waals surface area contributed by atoms with Crippen molar-refractivity contribution in [3.8, 4) is 0 Å². The maximum absolute atomic E-state index is 11.9. The number of anilines is 2. The summed E-state index contributed by atoms with van der Waals surface area (Å²) in [6.45, 7) is 0.683. The van der Waals surface area contributed by atoms with Crippen molar-refractivity contribution in [2.45, 2.75) is 13.0 Å². The zero-order chi connectivity index (χ0) is 16.8. The van der Waals surface area contributed by atoms with E-state index in [2.05, 4.69) is 15.6 Å². The smallest absolute Gasteiger partial charge is 0.230 e. The van der Waals surface area contributed by atoms with Crippen LogP contribution in [-0.2, 0) is 17.8 Å². The molecule has 2 heterocycles. The molecule has 0 atom stereocenters. The van der Waals surface area contributed by atoms with Gasteiger partial charge in [-0.2, -0.15) is 0 Å². The average Bonchev–Trinajstić information content (AvgIpc) is 3.08. The Hall–Kier alpha value is -2.37. The van der Waals surface area contributed by atoms with Gasteiger partial charge in [0.1, 0.15) is 5.82 Å². The number of benzene rings is 1. The Morgan fingerprint density at radius 1 is 1.12 bits per heavy atom. The van der Waals surface area contributed by atoms with Crippen molar-refractivity contribution < 1.29 is 4.79 Å². The maximum Gasteiger partial charge on any atom is 0.230 e. The van der Waals surface area contributed by atoms with Crippen LogP contribution in [0, 0.1) is 0 Å². The first-order chi connectivity index (χ1) is 11.7. The molecule has 0 radical (unpaired) electrons. The summed E-state index contributed by atoms with van der Waals surface area (Å²) in [7, 11) is 0. The van der Waals surface area contributed by atoms with E-state index in [9.17, 15) is 4.79 Å². The van der Waals surface area contributed by atoms with Crippen molar-refractivity contribution in [2.24, 2.45) is 0 Å². The van der Waals surface area contributed by atoms with Crippen molar-refractivity contribution in [3.05, 3.63) is 75.6 Å². The standard InChI is InChI=1S/C18H16ClN3OS/c19-14-5-3-13(4-6-14)11-20-15-7-8-17(21-12-15)22-18(23)10-16-2-1-9-24-16/h1-9,12,20H,10-11H2,(H,21,22,23). The van der Waals surface area contributed by atoms with Crippen LogP contribution >= 0.6 is 22.9 Å². The van der Waals surface area contributed by atoms with Crippen molar-refractivity contribution in [2.75, 3.05) is 10.6 Å². The minimum Gasteiger partial charge on any atom is -0.380 e. The molecule has 0 bridgehead atoms. The largest absolute Gasteiger partial charge is 0.380 e. The van der Waals surface area contributed by atoms with E-state index in [1.54, 1.807) is 23.6 Å². The van der Waals surface area contributed by atoms with E-state index in [-0.39, 0.29) is 5.91 Å². The van der Waals surface area contributed by atoms with E-state index in [1.807, 2.05) is 47.8 Å². The fraction of sp³-hybridized carbons (Fsp3) is 0.111. The lowest BCUT2D eigenvalue weighted by Gasteiger charge is -2.08. The van der Waals surface area contributed by atoms with Crippen LogP contribution < -0.4 is 10.6 Å². The number of carbonyl (C=O) groups excluding carboxylic acids is 1. The number of amides is 1. The van der Waals surface area contributed by atoms with Crippen LogP contribution in [0.25, 0.3) is 0 Å². The number of nitrogens with zero attached hydrogens (tertiary/aromatic N) is 1. The normalized spacial score (nSPS) is 10.4. The van der Waals surface area contributed by atoms with Crippen molar-refractivity contribution >= 4 is 40.4 Å². The van der Waals surface area contributed by atoms with Gasteiger partial charge in [-0.1, -0.05) is 29.8 Å². The quantitative estimate of drug-likeness (QED) is 0.678. The molecule has 122 valence electrons. The molecule has 0 spiro atoms. The summed E-state index contributed by atoms with van der Waals surface area (Å²) < 4.78 is 0. The molecule has 0 aliphatic carbocycles. The van der Waals surface area contributed by atoms with E-state index in [0.717, 1.165) is 21.2 Å². The summed E-state index contributed by atoms with van der Waals surface area (Å²) >= 11 is 7.44. The molecule has 24 heavy (non-hydrogen) atoms. The van der Waals surface area contributed by atoms with Crippen LogP contribution in [-0.4, -0.2) is 10.9 Å². The van der Waals surface area contributed by atoms with Gasteiger partial charge in [0.2, 0.25) is 5.91 Å². The zero-order valence-electron chi connectivity index (χ0n) is 12.8. The monoisotopic (exact) mass is 357 g/mol. The van der Waals surface area contributed by atoms with Crippen molar-refractivity contribution in [1.29, 1.82) is 0 Å². The second-order valence-electron chi connectivity index (χ2n) is 5.22. The number of pyridine rings is 1. The van der Waals surface area contributed by atoms with Crippen molar-refractivity contribution in [3.63, 3.8) is 0 Å². The topological polar surface area (TPSA) is 54.0 Å². The van der Waals surface area contributed by atoms with Gasteiger partial charge >= 0.3 is 0 Å². The summed E-state index contributed by atoms with van der Waals surface area (Å²) in [5.41, 5.74) is 2.02. The fourth-order valence-corrected chi connectivity index (χ4v) is 2.97. The van der Waals surface area contributed by atoms with Crippen LogP contribution in [0.4, 0.5) is 11.5 Å². The lowest BCUT2D eigenvalue weighted by molar-refractivity contribution is -0.115. The third-order valence-corrected chi connectivity index (χ3v) is 4.48. The summed E-state index contributed by atoms with van der Waals surface area (Å²) in [4.78, 5) is 17.2. The molecule has 0 fully saturated rings. The van der Waals surface area contributed by atoms with Crippen LogP contribution in [0.2, 0.25) is 5.02 Å². The summed E-state index contributed by atoms with van der Waals surface area (Å²) in [6.07, 6.45) is 2.08. The molecule has 0 aliphatic heterocycles. The first-order valence-corrected chi connectivity index (χ1v) is 8.71. The van der Waals surface area contributed by atoms with E-state index in [0.29, 0.717) is 18.8 Å². The van der Waals surface area contributed by atoms with E-state index < -0.39 is 0 Å². The highest BCUT2D eigenvalue weighted by Crippen LogP contribution is 2.14. The molecule has 2 aromatic heterocycles. The number of halogens is 1. The molecule has 3 rings (SSSR count). The van der Waals surface area contributed by atoms with E-state index in [1.165, 1.54) is 0 Å². The van der Waals surface area contributed by atoms with Gasteiger partial charge in [-0.15, -0.1) is 11.3 Å². The molecule has 3 aromatic rings. The second kappa shape index (κ2) is 7.95. The first kappa shape index (κ1) is 16.5. The number of hydrogen-bond acceptors (Lipinski definition) is 4. The number of rotatable bonds is 6. The predicted molar refractivity (Wildman–Crippen MR) is 99.7 cm³/mol.